The van der Waals surface area contributed by atoms with Crippen LogP contribution in [0.5, 0.6) is 0 Å². The van der Waals surface area contributed by atoms with Crippen molar-refractivity contribution >= 4 is 29.2 Å². The van der Waals surface area contributed by atoms with Crippen molar-refractivity contribution in [2.24, 2.45) is 0 Å². The smallest absolute Gasteiger partial charge is 0.340 e. The highest BCUT2D eigenvalue weighted by Crippen LogP contribution is 2.20. The summed E-state index contributed by atoms with van der Waals surface area (Å²) in [5, 5.41) is 2.57. The molecular formula is C11H13ClN2O3. The van der Waals surface area contributed by atoms with Gasteiger partial charge in [-0.2, -0.15) is 0 Å². The van der Waals surface area contributed by atoms with Gasteiger partial charge in [-0.05, 0) is 25.1 Å². The maximum atomic E-state index is 11.7. The normalized spacial score (nSPS) is 11.7. The molecule has 1 aromatic rings. The molecular weight excluding hydrogens is 244 g/mol. The predicted octanol–water partition coefficient (Wildman–Crippen LogP) is 1.21. The van der Waals surface area contributed by atoms with Crippen molar-refractivity contribution in [2.45, 2.75) is 13.0 Å². The fourth-order valence-electron chi connectivity index (χ4n) is 1.18. The molecule has 5 nitrogen and oxygen atoms in total. The van der Waals surface area contributed by atoms with Crippen molar-refractivity contribution in [3.05, 3.63) is 28.8 Å². The first-order chi connectivity index (χ1) is 7.95. The number of carbonyl (C=O) groups is 2. The summed E-state index contributed by atoms with van der Waals surface area (Å²) in [6, 6.07) is 4.44. The largest absolute Gasteiger partial charge is 0.449 e. The molecule has 0 aromatic heterocycles. The Labute approximate surface area is 104 Å². The predicted molar refractivity (Wildman–Crippen MR) is 64.8 cm³/mol. The van der Waals surface area contributed by atoms with E-state index in [4.69, 9.17) is 22.1 Å². The number of halogens is 1. The molecule has 0 fully saturated rings. The second-order valence-electron chi connectivity index (χ2n) is 3.40. The molecule has 0 saturated carbocycles. The first kappa shape index (κ1) is 13.3. The number of esters is 1. The standard InChI is InChI=1S/C11H13ClN2O3/c1-6(10(15)14-2)17-11(16)8-4-3-7(13)5-9(8)12/h3-6H,13H2,1-2H3,(H,14,15). The van der Waals surface area contributed by atoms with Gasteiger partial charge in [-0.3, -0.25) is 4.79 Å². The van der Waals surface area contributed by atoms with E-state index in [0.29, 0.717) is 5.69 Å². The molecule has 1 aromatic carbocycles. The van der Waals surface area contributed by atoms with Crippen LogP contribution in [-0.4, -0.2) is 25.0 Å². The minimum absolute atomic E-state index is 0.177. The number of carbonyl (C=O) groups excluding carboxylic acids is 2. The molecule has 3 N–H and O–H groups in total. The van der Waals surface area contributed by atoms with Gasteiger partial charge in [0.1, 0.15) is 0 Å². The number of ether oxygens (including phenoxy) is 1. The zero-order valence-electron chi connectivity index (χ0n) is 9.49. The van der Waals surface area contributed by atoms with Crippen LogP contribution in [-0.2, 0) is 9.53 Å². The molecule has 0 bridgehead atoms. The lowest BCUT2D eigenvalue weighted by Crippen LogP contribution is -2.33. The van der Waals surface area contributed by atoms with Crippen molar-refractivity contribution in [1.29, 1.82) is 0 Å². The summed E-state index contributed by atoms with van der Waals surface area (Å²) in [6.07, 6.45) is -0.874. The topological polar surface area (TPSA) is 81.4 Å². The Kier molecular flexibility index (Phi) is 4.34. The van der Waals surface area contributed by atoms with Crippen molar-refractivity contribution < 1.29 is 14.3 Å². The van der Waals surface area contributed by atoms with E-state index in [1.807, 2.05) is 0 Å². The Morgan fingerprint density at radius 2 is 2.12 bits per heavy atom. The van der Waals surface area contributed by atoms with E-state index < -0.39 is 12.1 Å². The fraction of sp³-hybridized carbons (Fsp3) is 0.273. The van der Waals surface area contributed by atoms with Gasteiger partial charge in [0.2, 0.25) is 0 Å². The van der Waals surface area contributed by atoms with Gasteiger partial charge in [-0.15, -0.1) is 0 Å². The lowest BCUT2D eigenvalue weighted by atomic mass is 10.2. The highest BCUT2D eigenvalue weighted by Gasteiger charge is 2.19. The van der Waals surface area contributed by atoms with E-state index in [9.17, 15) is 9.59 Å². The van der Waals surface area contributed by atoms with Gasteiger partial charge in [0.05, 0.1) is 10.6 Å². The number of hydrogen-bond donors (Lipinski definition) is 2. The second kappa shape index (κ2) is 5.54. The Bertz CT molecular complexity index is 448. The van der Waals surface area contributed by atoms with Crippen molar-refractivity contribution in [1.82, 2.24) is 5.32 Å². The van der Waals surface area contributed by atoms with Crippen molar-refractivity contribution in [3.8, 4) is 0 Å². The van der Waals surface area contributed by atoms with Gasteiger partial charge in [0, 0.05) is 12.7 Å². The van der Waals surface area contributed by atoms with Crippen molar-refractivity contribution in [3.63, 3.8) is 0 Å². The molecule has 0 heterocycles. The molecule has 17 heavy (non-hydrogen) atoms. The zero-order chi connectivity index (χ0) is 13.0. The summed E-state index contributed by atoms with van der Waals surface area (Å²) in [7, 11) is 1.46. The summed E-state index contributed by atoms with van der Waals surface area (Å²) < 4.78 is 4.93. The number of anilines is 1. The molecule has 1 atom stereocenters. The summed E-state index contributed by atoms with van der Waals surface area (Å²) in [6.45, 7) is 1.47. The number of hydrogen-bond acceptors (Lipinski definition) is 4. The molecule has 0 aliphatic carbocycles. The van der Waals surface area contributed by atoms with Crippen LogP contribution in [0.15, 0.2) is 18.2 Å². The summed E-state index contributed by atoms with van der Waals surface area (Å²) >= 11 is 5.84. The molecule has 0 radical (unpaired) electrons. The van der Waals surface area contributed by atoms with Crippen LogP contribution in [0.1, 0.15) is 17.3 Å². The molecule has 92 valence electrons. The van der Waals surface area contributed by atoms with Gasteiger partial charge in [-0.25, -0.2) is 4.79 Å². The fourth-order valence-corrected chi connectivity index (χ4v) is 1.44. The van der Waals surface area contributed by atoms with Crippen LogP contribution in [0.25, 0.3) is 0 Å². The molecule has 6 heteroatoms. The van der Waals surface area contributed by atoms with E-state index in [0.717, 1.165) is 0 Å². The number of likely N-dealkylation sites (N-methyl/N-ethyl adjacent to an activating group) is 1. The average molecular weight is 257 g/mol. The quantitative estimate of drug-likeness (QED) is 0.629. The van der Waals surface area contributed by atoms with E-state index in [2.05, 4.69) is 5.32 Å². The monoisotopic (exact) mass is 256 g/mol. The first-order valence-electron chi connectivity index (χ1n) is 4.93. The lowest BCUT2D eigenvalue weighted by molar-refractivity contribution is -0.128. The second-order valence-corrected chi connectivity index (χ2v) is 3.81. The Balaban J connectivity index is 2.80. The third kappa shape index (κ3) is 3.35. The Morgan fingerprint density at radius 1 is 1.47 bits per heavy atom. The maximum Gasteiger partial charge on any atom is 0.340 e. The number of rotatable bonds is 3. The SMILES string of the molecule is CNC(=O)C(C)OC(=O)c1ccc(N)cc1Cl. The van der Waals surface area contributed by atoms with Crippen LogP contribution in [0.4, 0.5) is 5.69 Å². The van der Waals surface area contributed by atoms with Crippen LogP contribution < -0.4 is 11.1 Å². The highest BCUT2D eigenvalue weighted by molar-refractivity contribution is 6.33. The van der Waals surface area contributed by atoms with Crippen LogP contribution >= 0.6 is 11.6 Å². The number of benzene rings is 1. The van der Waals surface area contributed by atoms with Crippen LogP contribution in [0.2, 0.25) is 5.02 Å². The lowest BCUT2D eigenvalue weighted by Gasteiger charge is -2.12. The van der Waals surface area contributed by atoms with Gasteiger partial charge in [-0.1, -0.05) is 11.6 Å². The summed E-state index contributed by atoms with van der Waals surface area (Å²) in [4.78, 5) is 22.9. The molecule has 0 aliphatic heterocycles. The molecule has 1 amide bonds. The summed E-state index contributed by atoms with van der Waals surface area (Å²) in [5.74, 6) is -1.05. The number of nitrogens with two attached hydrogens (primary N) is 1. The molecule has 1 unspecified atom stereocenters. The molecule has 0 saturated heterocycles. The number of nitrogens with one attached hydrogen (secondary N) is 1. The minimum Gasteiger partial charge on any atom is -0.449 e. The molecule has 0 aliphatic rings. The number of amides is 1. The highest BCUT2D eigenvalue weighted by atomic mass is 35.5. The summed E-state index contributed by atoms with van der Waals surface area (Å²) in [5.41, 5.74) is 6.13. The minimum atomic E-state index is -0.874. The van der Waals surface area contributed by atoms with E-state index in [1.165, 1.54) is 32.2 Å². The van der Waals surface area contributed by atoms with Gasteiger partial charge in [0.15, 0.2) is 6.10 Å². The third-order valence-electron chi connectivity index (χ3n) is 2.11. The van der Waals surface area contributed by atoms with E-state index in [1.54, 1.807) is 0 Å². The van der Waals surface area contributed by atoms with Gasteiger partial charge < -0.3 is 15.8 Å². The van der Waals surface area contributed by atoms with Gasteiger partial charge >= 0.3 is 5.97 Å². The zero-order valence-corrected chi connectivity index (χ0v) is 10.2. The third-order valence-corrected chi connectivity index (χ3v) is 2.43. The number of nitrogen functional groups attached to an aromatic ring is 1. The Hall–Kier alpha value is -1.75. The first-order valence-corrected chi connectivity index (χ1v) is 5.31. The average Bonchev–Trinajstić information content (AvgIpc) is 2.27. The van der Waals surface area contributed by atoms with E-state index >= 15 is 0 Å². The van der Waals surface area contributed by atoms with Gasteiger partial charge in [0.25, 0.3) is 5.91 Å². The van der Waals surface area contributed by atoms with Crippen LogP contribution in [0.3, 0.4) is 0 Å². The van der Waals surface area contributed by atoms with E-state index in [-0.39, 0.29) is 16.5 Å². The van der Waals surface area contributed by atoms with Crippen LogP contribution in [0, 0.1) is 0 Å². The van der Waals surface area contributed by atoms with Crippen molar-refractivity contribution in [2.75, 3.05) is 12.8 Å². The molecule has 1 rings (SSSR count). The molecule has 0 spiro atoms. The maximum absolute atomic E-state index is 11.7. The Morgan fingerprint density at radius 3 is 2.65 bits per heavy atom.